The molecule has 0 bridgehead atoms. The Balaban J connectivity index is 2.34. The van der Waals surface area contributed by atoms with Crippen molar-refractivity contribution >= 4 is 17.1 Å². The number of aryl methyl sites for hydroxylation is 1. The lowest BCUT2D eigenvalue weighted by Crippen LogP contribution is -2.38. The lowest BCUT2D eigenvalue weighted by atomic mass is 10.1. The molecule has 108 valence electrons. The maximum absolute atomic E-state index is 9.58. The Hall–Kier alpha value is -0.880. The molecule has 1 aromatic rings. The van der Waals surface area contributed by atoms with Crippen molar-refractivity contribution in [1.82, 2.24) is 0 Å². The van der Waals surface area contributed by atoms with E-state index in [0.717, 1.165) is 17.7 Å². The van der Waals surface area contributed by atoms with Crippen molar-refractivity contribution in [3.8, 4) is 0 Å². The van der Waals surface area contributed by atoms with Gasteiger partial charge in [0.15, 0.2) is 0 Å². The van der Waals surface area contributed by atoms with Gasteiger partial charge in [-0.15, -0.1) is 11.3 Å². The van der Waals surface area contributed by atoms with Gasteiger partial charge in [0.05, 0.1) is 30.2 Å². The number of aliphatic hydroxyl groups excluding tert-OH is 2. The summed E-state index contributed by atoms with van der Waals surface area (Å²) >= 11 is 1.68. The van der Waals surface area contributed by atoms with Crippen LogP contribution in [0.5, 0.6) is 0 Å². The lowest BCUT2D eigenvalue weighted by Gasteiger charge is -2.16. The van der Waals surface area contributed by atoms with Crippen LogP contribution < -0.4 is 5.73 Å². The highest BCUT2D eigenvalue weighted by atomic mass is 32.1. The second-order valence-corrected chi connectivity index (χ2v) is 5.66. The molecule has 4 nitrogen and oxygen atoms in total. The molecule has 19 heavy (non-hydrogen) atoms. The summed E-state index contributed by atoms with van der Waals surface area (Å²) in [5.74, 6) is 0.622. The van der Waals surface area contributed by atoms with Gasteiger partial charge in [0.25, 0.3) is 0 Å². The maximum atomic E-state index is 9.58. The second-order valence-electron chi connectivity index (χ2n) is 4.49. The third-order valence-corrected chi connectivity index (χ3v) is 4.01. The summed E-state index contributed by atoms with van der Waals surface area (Å²) in [5.41, 5.74) is 5.51. The van der Waals surface area contributed by atoms with Crippen LogP contribution in [-0.4, -0.2) is 35.6 Å². The molecule has 4 N–H and O–H groups in total. The second kappa shape index (κ2) is 8.32. The zero-order valence-corrected chi connectivity index (χ0v) is 12.2. The largest absolute Gasteiger partial charge is 0.493 e. The van der Waals surface area contributed by atoms with Gasteiger partial charge in [-0.05, 0) is 18.6 Å². The van der Waals surface area contributed by atoms with E-state index in [1.807, 2.05) is 6.07 Å². The van der Waals surface area contributed by atoms with Gasteiger partial charge in [0, 0.05) is 11.3 Å². The first kappa shape index (κ1) is 16.2. The molecule has 0 aliphatic carbocycles. The molecular formula is C14H23NO3S. The van der Waals surface area contributed by atoms with Crippen LogP contribution >= 0.6 is 11.3 Å². The standard InChI is InChI=1S/C14H23NO3S/c1-3-4-11-5-6-14(19-11)10(2)18-8-7-13(17)12(15)9-16/h5-6,12-13,16-17H,2-4,7-9,15H2,1H3. The summed E-state index contributed by atoms with van der Waals surface area (Å²) < 4.78 is 5.50. The summed E-state index contributed by atoms with van der Waals surface area (Å²) in [5, 5.41) is 18.4. The number of ether oxygens (including phenoxy) is 1. The van der Waals surface area contributed by atoms with Gasteiger partial charge in [0.2, 0.25) is 0 Å². The molecule has 0 saturated heterocycles. The minimum atomic E-state index is -0.753. The molecule has 0 spiro atoms. The minimum absolute atomic E-state index is 0.229. The molecule has 5 heteroatoms. The molecule has 0 amide bonds. The molecule has 0 aliphatic rings. The van der Waals surface area contributed by atoms with E-state index in [2.05, 4.69) is 19.6 Å². The van der Waals surface area contributed by atoms with E-state index in [1.54, 1.807) is 11.3 Å². The Bertz CT molecular complexity index is 392. The molecular weight excluding hydrogens is 262 g/mol. The van der Waals surface area contributed by atoms with E-state index in [0.29, 0.717) is 18.8 Å². The predicted molar refractivity (Wildman–Crippen MR) is 79.0 cm³/mol. The number of hydrogen-bond acceptors (Lipinski definition) is 5. The molecule has 1 heterocycles. The van der Waals surface area contributed by atoms with Crippen molar-refractivity contribution in [3.63, 3.8) is 0 Å². The summed E-state index contributed by atoms with van der Waals surface area (Å²) in [7, 11) is 0. The van der Waals surface area contributed by atoms with Crippen molar-refractivity contribution < 1.29 is 14.9 Å². The topological polar surface area (TPSA) is 75.7 Å². The van der Waals surface area contributed by atoms with Crippen molar-refractivity contribution in [2.75, 3.05) is 13.2 Å². The van der Waals surface area contributed by atoms with Crippen molar-refractivity contribution in [2.24, 2.45) is 5.73 Å². The maximum Gasteiger partial charge on any atom is 0.129 e. The minimum Gasteiger partial charge on any atom is -0.493 e. The van der Waals surface area contributed by atoms with Crippen molar-refractivity contribution in [1.29, 1.82) is 0 Å². The Morgan fingerprint density at radius 2 is 2.26 bits per heavy atom. The first-order chi connectivity index (χ1) is 9.08. The average molecular weight is 285 g/mol. The molecule has 0 aliphatic heterocycles. The average Bonchev–Trinajstić information content (AvgIpc) is 2.86. The Kier molecular flexibility index (Phi) is 7.09. The zero-order chi connectivity index (χ0) is 14.3. The Morgan fingerprint density at radius 1 is 1.53 bits per heavy atom. The Labute approximate surface area is 118 Å². The van der Waals surface area contributed by atoms with Gasteiger partial charge in [-0.2, -0.15) is 0 Å². The molecule has 1 aromatic heterocycles. The van der Waals surface area contributed by atoms with Crippen LogP contribution in [-0.2, 0) is 11.2 Å². The first-order valence-electron chi connectivity index (χ1n) is 6.53. The SMILES string of the molecule is C=C(OCCC(O)C(N)CO)c1ccc(CCC)s1. The van der Waals surface area contributed by atoms with Crippen LogP contribution in [0.2, 0.25) is 0 Å². The Morgan fingerprint density at radius 3 is 2.89 bits per heavy atom. The fourth-order valence-electron chi connectivity index (χ4n) is 1.62. The van der Waals surface area contributed by atoms with Gasteiger partial charge in [-0.1, -0.05) is 19.9 Å². The molecule has 0 fully saturated rings. The number of rotatable bonds is 9. The van der Waals surface area contributed by atoms with Crippen molar-refractivity contribution in [2.45, 2.75) is 38.3 Å². The van der Waals surface area contributed by atoms with Gasteiger partial charge >= 0.3 is 0 Å². The van der Waals surface area contributed by atoms with E-state index < -0.39 is 12.1 Å². The molecule has 1 rings (SSSR count). The van der Waals surface area contributed by atoms with Crippen LogP contribution in [0.15, 0.2) is 18.7 Å². The van der Waals surface area contributed by atoms with Crippen LogP contribution in [0.1, 0.15) is 29.5 Å². The highest BCUT2D eigenvalue weighted by Crippen LogP contribution is 2.25. The third kappa shape index (κ3) is 5.32. The first-order valence-corrected chi connectivity index (χ1v) is 7.35. The molecule has 2 atom stereocenters. The monoisotopic (exact) mass is 285 g/mol. The molecule has 0 aromatic carbocycles. The quantitative estimate of drug-likeness (QED) is 0.604. The summed E-state index contributed by atoms with van der Waals surface area (Å²) in [6.07, 6.45) is 1.82. The third-order valence-electron chi connectivity index (χ3n) is 2.83. The van der Waals surface area contributed by atoms with E-state index in [-0.39, 0.29) is 6.61 Å². The lowest BCUT2D eigenvalue weighted by molar-refractivity contribution is 0.0834. The smallest absolute Gasteiger partial charge is 0.129 e. The van der Waals surface area contributed by atoms with Gasteiger partial charge in [-0.3, -0.25) is 0 Å². The van der Waals surface area contributed by atoms with Crippen molar-refractivity contribution in [3.05, 3.63) is 28.5 Å². The van der Waals surface area contributed by atoms with Gasteiger partial charge < -0.3 is 20.7 Å². The highest BCUT2D eigenvalue weighted by molar-refractivity contribution is 7.13. The molecule has 0 radical (unpaired) electrons. The number of hydrogen-bond donors (Lipinski definition) is 3. The van der Waals surface area contributed by atoms with E-state index in [9.17, 15) is 5.11 Å². The summed E-state index contributed by atoms with van der Waals surface area (Å²) in [6, 6.07) is 3.48. The van der Waals surface area contributed by atoms with Crippen LogP contribution in [0, 0.1) is 0 Å². The van der Waals surface area contributed by atoms with E-state index in [1.165, 1.54) is 4.88 Å². The number of nitrogens with two attached hydrogens (primary N) is 1. The summed E-state index contributed by atoms with van der Waals surface area (Å²) in [6.45, 7) is 6.15. The van der Waals surface area contributed by atoms with Crippen LogP contribution in [0.4, 0.5) is 0 Å². The molecule has 0 saturated carbocycles. The van der Waals surface area contributed by atoms with Gasteiger partial charge in [0.1, 0.15) is 5.76 Å². The summed E-state index contributed by atoms with van der Waals surface area (Å²) in [4.78, 5) is 2.34. The van der Waals surface area contributed by atoms with Crippen LogP contribution in [0.25, 0.3) is 5.76 Å². The fraction of sp³-hybridized carbons (Fsp3) is 0.571. The van der Waals surface area contributed by atoms with E-state index in [4.69, 9.17) is 15.6 Å². The van der Waals surface area contributed by atoms with Crippen LogP contribution in [0.3, 0.4) is 0 Å². The fourth-order valence-corrected chi connectivity index (χ4v) is 2.65. The van der Waals surface area contributed by atoms with E-state index >= 15 is 0 Å². The number of thiophene rings is 1. The predicted octanol–water partition coefficient (Wildman–Crippen LogP) is 1.76. The zero-order valence-electron chi connectivity index (χ0n) is 11.3. The molecule has 2 unspecified atom stereocenters. The number of aliphatic hydroxyl groups is 2. The normalized spacial score (nSPS) is 14.1. The van der Waals surface area contributed by atoms with Gasteiger partial charge in [-0.25, -0.2) is 0 Å². The highest BCUT2D eigenvalue weighted by Gasteiger charge is 2.14.